The molecule has 5 nitrogen and oxygen atoms in total. The van der Waals surface area contributed by atoms with E-state index in [0.29, 0.717) is 6.54 Å². The largest absolute Gasteiger partial charge is 0.338 e. The summed E-state index contributed by atoms with van der Waals surface area (Å²) in [7, 11) is 0. The minimum Gasteiger partial charge on any atom is -0.338 e. The normalized spacial score (nSPS) is 10.5. The van der Waals surface area contributed by atoms with Crippen molar-refractivity contribution in [3.8, 4) is 0 Å². The molecule has 0 aliphatic carbocycles. The van der Waals surface area contributed by atoms with Crippen molar-refractivity contribution in [3.63, 3.8) is 0 Å². The lowest BCUT2D eigenvalue weighted by Gasteiger charge is -2.06. The third-order valence-electron chi connectivity index (χ3n) is 3.45. The number of imidazole rings is 1. The van der Waals surface area contributed by atoms with Gasteiger partial charge in [0.25, 0.3) is 0 Å². The molecule has 1 aromatic carbocycles. The molecule has 124 valence electrons. The molecule has 0 unspecified atom stereocenters. The SMILES string of the molecule is CCCCNC(=O)NCCc1cn(Cc2ccc(Cl)cc2)cn1. The van der Waals surface area contributed by atoms with Crippen LogP contribution in [0.3, 0.4) is 0 Å². The van der Waals surface area contributed by atoms with Crippen molar-refractivity contribution in [1.29, 1.82) is 0 Å². The number of carbonyl (C=O) groups excluding carboxylic acids is 1. The third-order valence-corrected chi connectivity index (χ3v) is 3.70. The Morgan fingerprint density at radius 2 is 1.96 bits per heavy atom. The van der Waals surface area contributed by atoms with Gasteiger partial charge in [-0.15, -0.1) is 0 Å². The van der Waals surface area contributed by atoms with Crippen molar-refractivity contribution in [2.24, 2.45) is 0 Å². The van der Waals surface area contributed by atoms with Crippen LogP contribution in [0.15, 0.2) is 36.8 Å². The predicted octanol–water partition coefficient (Wildman–Crippen LogP) is 3.23. The maximum absolute atomic E-state index is 11.5. The first-order valence-corrected chi connectivity index (χ1v) is 8.32. The lowest BCUT2D eigenvalue weighted by Crippen LogP contribution is -2.37. The maximum atomic E-state index is 11.5. The Hall–Kier alpha value is -2.01. The van der Waals surface area contributed by atoms with Crippen molar-refractivity contribution < 1.29 is 4.79 Å². The summed E-state index contributed by atoms with van der Waals surface area (Å²) in [5.74, 6) is 0. The number of urea groups is 1. The van der Waals surface area contributed by atoms with E-state index in [-0.39, 0.29) is 6.03 Å². The third kappa shape index (κ3) is 6.32. The molecule has 23 heavy (non-hydrogen) atoms. The van der Waals surface area contributed by atoms with Crippen LogP contribution in [-0.2, 0) is 13.0 Å². The van der Waals surface area contributed by atoms with E-state index < -0.39 is 0 Å². The molecule has 2 rings (SSSR count). The fraction of sp³-hybridized carbons (Fsp3) is 0.412. The Morgan fingerprint density at radius 3 is 2.70 bits per heavy atom. The molecule has 0 spiro atoms. The molecule has 2 N–H and O–H groups in total. The monoisotopic (exact) mass is 334 g/mol. The van der Waals surface area contributed by atoms with Crippen LogP contribution in [0.4, 0.5) is 4.79 Å². The number of nitrogens with one attached hydrogen (secondary N) is 2. The van der Waals surface area contributed by atoms with Crippen LogP contribution < -0.4 is 10.6 Å². The summed E-state index contributed by atoms with van der Waals surface area (Å²) in [6.07, 6.45) is 6.61. The highest BCUT2D eigenvalue weighted by atomic mass is 35.5. The summed E-state index contributed by atoms with van der Waals surface area (Å²) in [5, 5.41) is 6.41. The van der Waals surface area contributed by atoms with Crippen molar-refractivity contribution in [2.45, 2.75) is 32.7 Å². The van der Waals surface area contributed by atoms with E-state index >= 15 is 0 Å². The van der Waals surface area contributed by atoms with E-state index in [2.05, 4.69) is 22.5 Å². The van der Waals surface area contributed by atoms with Gasteiger partial charge in [-0.3, -0.25) is 0 Å². The Labute approximate surface area is 142 Å². The molecule has 0 atom stereocenters. The molecular formula is C17H23ClN4O. The van der Waals surface area contributed by atoms with Gasteiger partial charge in [-0.2, -0.15) is 0 Å². The molecule has 0 fully saturated rings. The Morgan fingerprint density at radius 1 is 1.22 bits per heavy atom. The molecule has 2 amide bonds. The summed E-state index contributed by atoms with van der Waals surface area (Å²) >= 11 is 5.88. The molecular weight excluding hydrogens is 312 g/mol. The van der Waals surface area contributed by atoms with Gasteiger partial charge in [-0.25, -0.2) is 9.78 Å². The first-order chi connectivity index (χ1) is 11.2. The number of hydrogen-bond acceptors (Lipinski definition) is 2. The van der Waals surface area contributed by atoms with Crippen molar-refractivity contribution >= 4 is 17.6 Å². The lowest BCUT2D eigenvalue weighted by molar-refractivity contribution is 0.241. The molecule has 0 saturated carbocycles. The van der Waals surface area contributed by atoms with Crippen LogP contribution >= 0.6 is 11.6 Å². The van der Waals surface area contributed by atoms with Gasteiger partial charge in [0.1, 0.15) is 0 Å². The van der Waals surface area contributed by atoms with Crippen LogP contribution in [0, 0.1) is 0 Å². The van der Waals surface area contributed by atoms with Crippen LogP contribution in [-0.4, -0.2) is 28.7 Å². The highest BCUT2D eigenvalue weighted by Crippen LogP contribution is 2.11. The zero-order chi connectivity index (χ0) is 16.5. The number of rotatable bonds is 8. The lowest BCUT2D eigenvalue weighted by atomic mass is 10.2. The first-order valence-electron chi connectivity index (χ1n) is 7.94. The molecule has 1 heterocycles. The second-order valence-electron chi connectivity index (χ2n) is 5.45. The molecule has 0 aliphatic rings. The minimum atomic E-state index is -0.112. The Bertz CT molecular complexity index is 609. The van der Waals surface area contributed by atoms with Crippen molar-refractivity contribution in [3.05, 3.63) is 53.1 Å². The quantitative estimate of drug-likeness (QED) is 0.728. The van der Waals surface area contributed by atoms with E-state index in [0.717, 1.165) is 43.1 Å². The van der Waals surface area contributed by atoms with Gasteiger partial charge in [-0.05, 0) is 24.1 Å². The van der Waals surface area contributed by atoms with Crippen LogP contribution in [0.1, 0.15) is 31.0 Å². The molecule has 1 aromatic heterocycles. The number of aromatic nitrogens is 2. The van der Waals surface area contributed by atoms with E-state index in [9.17, 15) is 4.79 Å². The molecule has 0 saturated heterocycles. The number of amides is 2. The second kappa shape index (κ2) is 9.20. The Balaban J connectivity index is 1.72. The number of nitrogens with zero attached hydrogens (tertiary/aromatic N) is 2. The average molecular weight is 335 g/mol. The van der Waals surface area contributed by atoms with Gasteiger partial charge < -0.3 is 15.2 Å². The summed E-state index contributed by atoms with van der Waals surface area (Å²) < 4.78 is 2.03. The topological polar surface area (TPSA) is 59.0 Å². The van der Waals surface area contributed by atoms with Crippen molar-refractivity contribution in [1.82, 2.24) is 20.2 Å². The molecule has 6 heteroatoms. The van der Waals surface area contributed by atoms with Gasteiger partial charge in [0.05, 0.1) is 12.0 Å². The fourth-order valence-electron chi connectivity index (χ4n) is 2.17. The fourth-order valence-corrected chi connectivity index (χ4v) is 2.29. The summed E-state index contributed by atoms with van der Waals surface area (Å²) in [4.78, 5) is 15.9. The van der Waals surface area contributed by atoms with Gasteiger partial charge in [0.15, 0.2) is 0 Å². The molecule has 0 radical (unpaired) electrons. The van der Waals surface area contributed by atoms with Gasteiger partial charge in [0, 0.05) is 37.3 Å². The van der Waals surface area contributed by atoms with Crippen LogP contribution in [0.5, 0.6) is 0 Å². The summed E-state index contributed by atoms with van der Waals surface area (Å²) in [6.45, 7) is 4.16. The van der Waals surface area contributed by atoms with E-state index in [1.165, 1.54) is 5.56 Å². The number of halogens is 1. The van der Waals surface area contributed by atoms with E-state index in [1.54, 1.807) is 0 Å². The van der Waals surface area contributed by atoms with Gasteiger partial charge in [0.2, 0.25) is 0 Å². The highest BCUT2D eigenvalue weighted by Gasteiger charge is 2.02. The zero-order valence-electron chi connectivity index (χ0n) is 13.4. The predicted molar refractivity (Wildman–Crippen MR) is 92.8 cm³/mol. The first kappa shape index (κ1) is 17.3. The van der Waals surface area contributed by atoms with Gasteiger partial charge >= 0.3 is 6.03 Å². The molecule has 0 aliphatic heterocycles. The van der Waals surface area contributed by atoms with Crippen LogP contribution in [0.2, 0.25) is 5.02 Å². The number of carbonyl (C=O) groups is 1. The Kier molecular flexibility index (Phi) is 6.94. The second-order valence-corrected chi connectivity index (χ2v) is 5.89. The van der Waals surface area contributed by atoms with E-state index in [4.69, 9.17) is 11.6 Å². The van der Waals surface area contributed by atoms with Crippen LogP contribution in [0.25, 0.3) is 0 Å². The average Bonchev–Trinajstić information content (AvgIpc) is 2.97. The smallest absolute Gasteiger partial charge is 0.314 e. The number of unbranched alkanes of at least 4 members (excludes halogenated alkanes) is 1. The standard InChI is InChI=1S/C17H23ClN4O/c1-2-3-9-19-17(23)20-10-8-16-12-22(13-21-16)11-14-4-6-15(18)7-5-14/h4-7,12-13H,2-3,8-11H2,1H3,(H2,19,20,23). The van der Waals surface area contributed by atoms with E-state index in [1.807, 2.05) is 41.4 Å². The molecule has 0 bridgehead atoms. The number of benzene rings is 1. The zero-order valence-corrected chi connectivity index (χ0v) is 14.1. The highest BCUT2D eigenvalue weighted by molar-refractivity contribution is 6.30. The maximum Gasteiger partial charge on any atom is 0.314 e. The summed E-state index contributed by atoms with van der Waals surface area (Å²) in [5.41, 5.74) is 2.14. The summed E-state index contributed by atoms with van der Waals surface area (Å²) in [6, 6.07) is 7.67. The minimum absolute atomic E-state index is 0.112. The van der Waals surface area contributed by atoms with Crippen molar-refractivity contribution in [2.75, 3.05) is 13.1 Å². The molecule has 2 aromatic rings. The number of hydrogen-bond donors (Lipinski definition) is 2. The van der Waals surface area contributed by atoms with Gasteiger partial charge in [-0.1, -0.05) is 37.1 Å².